The Morgan fingerprint density at radius 1 is 0.917 bits per heavy atom. The summed E-state index contributed by atoms with van der Waals surface area (Å²) in [4.78, 5) is 0.544. The highest BCUT2D eigenvalue weighted by atomic mass is 32.2. The zero-order valence-corrected chi connectivity index (χ0v) is 23.2. The predicted molar refractivity (Wildman–Crippen MR) is 148 cm³/mol. The van der Waals surface area contributed by atoms with Crippen LogP contribution in [0.4, 0.5) is 0 Å². The minimum absolute atomic E-state index is 0.0478. The number of pyridine rings is 1. The molecule has 2 aromatic carbocycles. The van der Waals surface area contributed by atoms with Crippen LogP contribution < -0.4 is 4.57 Å². The Labute approximate surface area is 218 Å². The minimum Gasteiger partial charge on any atom is -0.224 e. The van der Waals surface area contributed by atoms with Crippen LogP contribution in [0.1, 0.15) is 87.5 Å². The Bertz CT molecular complexity index is 1260. The van der Waals surface area contributed by atoms with Gasteiger partial charge in [0, 0.05) is 23.6 Å². The van der Waals surface area contributed by atoms with Crippen LogP contribution in [0.5, 0.6) is 0 Å². The summed E-state index contributed by atoms with van der Waals surface area (Å²) in [6.45, 7) is 9.63. The van der Waals surface area contributed by atoms with E-state index in [0.717, 1.165) is 56.2 Å². The maximum Gasteiger partial charge on any atom is 0.179 e. The highest BCUT2D eigenvalue weighted by Crippen LogP contribution is 2.53. The molecule has 2 unspecified atom stereocenters. The lowest BCUT2D eigenvalue weighted by atomic mass is 9.63. The first-order valence-corrected chi connectivity index (χ1v) is 15.3. The molecule has 0 fully saturated rings. The van der Waals surface area contributed by atoms with Crippen LogP contribution in [0.25, 0.3) is 0 Å². The van der Waals surface area contributed by atoms with Crippen molar-refractivity contribution >= 4 is 9.84 Å². The number of fused-ring (bicyclic) bond motifs is 1. The van der Waals surface area contributed by atoms with E-state index in [4.69, 9.17) is 0 Å². The van der Waals surface area contributed by atoms with E-state index in [0.29, 0.717) is 4.90 Å². The van der Waals surface area contributed by atoms with Crippen LogP contribution in [0, 0.1) is 18.3 Å². The van der Waals surface area contributed by atoms with E-state index in [1.807, 2.05) is 18.2 Å². The van der Waals surface area contributed by atoms with Gasteiger partial charge < -0.3 is 0 Å². The number of aromatic nitrogens is 1. The topological polar surface area (TPSA) is 38.0 Å². The highest BCUT2D eigenvalue weighted by molar-refractivity contribution is 7.91. The molecule has 0 spiro atoms. The fourth-order valence-electron chi connectivity index (χ4n) is 6.29. The van der Waals surface area contributed by atoms with Crippen LogP contribution in [0.2, 0.25) is 0 Å². The van der Waals surface area contributed by atoms with Gasteiger partial charge in [-0.1, -0.05) is 88.4 Å². The lowest BCUT2D eigenvalue weighted by Crippen LogP contribution is -2.37. The number of unbranched alkanes of at least 4 members (excludes halogenated alkanes) is 2. The second-order valence-electron chi connectivity index (χ2n) is 10.9. The maximum absolute atomic E-state index is 14.0. The Hall–Kier alpha value is -2.46. The van der Waals surface area contributed by atoms with E-state index in [1.54, 1.807) is 0 Å². The smallest absolute Gasteiger partial charge is 0.179 e. The van der Waals surface area contributed by atoms with E-state index in [1.165, 1.54) is 11.1 Å². The van der Waals surface area contributed by atoms with E-state index in [-0.39, 0.29) is 23.0 Å². The van der Waals surface area contributed by atoms with Gasteiger partial charge in [0.05, 0.1) is 10.6 Å². The molecule has 4 rings (SSSR count). The third-order valence-corrected chi connectivity index (χ3v) is 10.3. The predicted octanol–water partition coefficient (Wildman–Crippen LogP) is 7.25. The molecule has 0 bridgehead atoms. The molecule has 0 N–H and O–H groups in total. The van der Waals surface area contributed by atoms with Gasteiger partial charge in [-0.25, -0.2) is 13.0 Å². The van der Waals surface area contributed by atoms with Gasteiger partial charge in [-0.3, -0.25) is 0 Å². The summed E-state index contributed by atoms with van der Waals surface area (Å²) in [6, 6.07) is 21.0. The van der Waals surface area contributed by atoms with Gasteiger partial charge in [0.15, 0.2) is 28.8 Å². The molecule has 1 aliphatic heterocycles. The number of nitrogens with zero attached hydrogens (tertiary/aromatic N) is 1. The van der Waals surface area contributed by atoms with Crippen molar-refractivity contribution in [2.45, 2.75) is 83.6 Å². The van der Waals surface area contributed by atoms with Crippen molar-refractivity contribution in [1.29, 1.82) is 0 Å². The van der Waals surface area contributed by atoms with Crippen LogP contribution in [0.3, 0.4) is 0 Å². The minimum atomic E-state index is -3.40. The molecular formula is C32H42NO2S+. The first-order chi connectivity index (χ1) is 17.3. The van der Waals surface area contributed by atoms with Gasteiger partial charge in [0.25, 0.3) is 0 Å². The summed E-state index contributed by atoms with van der Waals surface area (Å²) in [5, 5.41) is 0. The van der Waals surface area contributed by atoms with Crippen LogP contribution in [-0.2, 0) is 16.4 Å². The van der Waals surface area contributed by atoms with Gasteiger partial charge in [-0.15, -0.1) is 0 Å². The molecule has 0 saturated heterocycles. The number of aryl methyl sites for hydroxylation is 1. The molecule has 3 nitrogen and oxygen atoms in total. The molecule has 3 aromatic rings. The zero-order valence-electron chi connectivity index (χ0n) is 22.4. The summed E-state index contributed by atoms with van der Waals surface area (Å²) in [6.07, 6.45) is 10.4. The molecule has 2 atom stereocenters. The number of sulfone groups is 1. The Balaban J connectivity index is 1.88. The van der Waals surface area contributed by atoms with Gasteiger partial charge in [0.1, 0.15) is 0 Å². The average Bonchev–Trinajstić information content (AvgIpc) is 2.93. The Morgan fingerprint density at radius 2 is 1.61 bits per heavy atom. The zero-order chi connectivity index (χ0) is 25.8. The van der Waals surface area contributed by atoms with Crippen LogP contribution >= 0.6 is 0 Å². The second-order valence-corrected chi connectivity index (χ2v) is 12.9. The molecular weight excluding hydrogens is 462 g/mol. The SMILES string of the molecule is CCCCC1(CCCC)CS(=O)(=O)c2ccc(C)cc2C(c2cccc(C[n+]3ccccc3)c2)C1C. The lowest BCUT2D eigenvalue weighted by molar-refractivity contribution is -0.688. The van der Waals surface area contributed by atoms with Gasteiger partial charge >= 0.3 is 0 Å². The Morgan fingerprint density at radius 3 is 2.28 bits per heavy atom. The summed E-state index contributed by atoms with van der Waals surface area (Å²) in [5.74, 6) is 0.521. The molecule has 0 amide bonds. The van der Waals surface area contributed by atoms with Crippen LogP contribution in [0.15, 0.2) is 78.0 Å². The first-order valence-electron chi connectivity index (χ1n) is 13.7. The van der Waals surface area contributed by atoms with Crippen molar-refractivity contribution in [3.8, 4) is 0 Å². The Kier molecular flexibility index (Phi) is 8.34. The third-order valence-electron chi connectivity index (χ3n) is 8.29. The molecule has 1 aromatic heterocycles. The number of benzene rings is 2. The standard InChI is InChI=1S/C32H42NO2S/c1-5-7-17-32(18-8-6-2)24-36(34,35)30-16-15-25(3)21-29(30)31(26(32)4)28-14-12-13-27(22-28)23-33-19-10-9-11-20-33/h9-16,19-22,26,31H,5-8,17-18,23-24H2,1-4H3/q+1. The highest BCUT2D eigenvalue weighted by Gasteiger charge is 2.47. The molecule has 0 aliphatic carbocycles. The summed E-state index contributed by atoms with van der Waals surface area (Å²) in [7, 11) is -3.40. The molecule has 2 heterocycles. The molecule has 1 aliphatic rings. The summed E-state index contributed by atoms with van der Waals surface area (Å²) < 4.78 is 30.1. The number of hydrogen-bond acceptors (Lipinski definition) is 2. The van der Waals surface area contributed by atoms with Crippen molar-refractivity contribution in [3.63, 3.8) is 0 Å². The fourth-order valence-corrected chi connectivity index (χ4v) is 8.58. The van der Waals surface area contributed by atoms with Gasteiger partial charge in [-0.2, -0.15) is 0 Å². The lowest BCUT2D eigenvalue weighted by Gasteiger charge is -2.42. The van der Waals surface area contributed by atoms with Gasteiger partial charge in [-0.05, 0) is 54.4 Å². The van der Waals surface area contributed by atoms with Crippen molar-refractivity contribution < 1.29 is 13.0 Å². The molecule has 0 saturated carbocycles. The summed E-state index contributed by atoms with van der Waals surface area (Å²) >= 11 is 0. The molecule has 4 heteroatoms. The van der Waals surface area contributed by atoms with Crippen LogP contribution in [-0.4, -0.2) is 14.2 Å². The molecule has 0 radical (unpaired) electrons. The van der Waals surface area contributed by atoms with E-state index < -0.39 is 9.84 Å². The quantitative estimate of drug-likeness (QED) is 0.288. The number of hydrogen-bond donors (Lipinski definition) is 0. The second kappa shape index (κ2) is 11.3. The molecule has 192 valence electrons. The van der Waals surface area contributed by atoms with Crippen molar-refractivity contribution in [3.05, 3.63) is 95.3 Å². The van der Waals surface area contributed by atoms with E-state index >= 15 is 0 Å². The largest absolute Gasteiger partial charge is 0.224 e. The maximum atomic E-state index is 14.0. The van der Waals surface area contributed by atoms with E-state index in [9.17, 15) is 8.42 Å². The monoisotopic (exact) mass is 504 g/mol. The third kappa shape index (κ3) is 5.59. The fraction of sp³-hybridized carbons (Fsp3) is 0.469. The van der Waals surface area contributed by atoms with Crippen molar-refractivity contribution in [2.75, 3.05) is 5.75 Å². The van der Waals surface area contributed by atoms with Crippen molar-refractivity contribution in [2.24, 2.45) is 11.3 Å². The first kappa shape index (κ1) is 26.6. The van der Waals surface area contributed by atoms with Crippen molar-refractivity contribution in [1.82, 2.24) is 0 Å². The number of rotatable bonds is 9. The normalized spacial score (nSPS) is 20.4. The average molecular weight is 505 g/mol. The van der Waals surface area contributed by atoms with E-state index in [2.05, 4.69) is 87.1 Å². The van der Waals surface area contributed by atoms with Gasteiger partial charge in [0.2, 0.25) is 0 Å². The summed E-state index contributed by atoms with van der Waals surface area (Å²) in [5.41, 5.74) is 4.35. The molecule has 36 heavy (non-hydrogen) atoms.